The molecule has 8 rings (SSSR count). The molecule has 174 valence electrons. The van der Waals surface area contributed by atoms with Crippen molar-refractivity contribution in [3.05, 3.63) is 78.1 Å². The Hall–Kier alpha value is -3.85. The van der Waals surface area contributed by atoms with Gasteiger partial charge in [0.05, 0.1) is 28.6 Å². The predicted molar refractivity (Wildman–Crippen MR) is 133 cm³/mol. The molecule has 2 aliphatic heterocycles. The van der Waals surface area contributed by atoms with E-state index in [-0.39, 0.29) is 17.5 Å². The van der Waals surface area contributed by atoms with Gasteiger partial charge in [-0.15, -0.1) is 0 Å². The van der Waals surface area contributed by atoms with Crippen LogP contribution in [0.25, 0.3) is 33.6 Å². The third-order valence-electron chi connectivity index (χ3n) is 6.79. The topological polar surface area (TPSA) is 103 Å². The molecule has 1 fully saturated rings. The number of aromatic nitrogens is 4. The maximum Gasteiger partial charge on any atom is 0.230 e. The van der Waals surface area contributed by atoms with E-state index in [4.69, 9.17) is 9.52 Å². The fourth-order valence-corrected chi connectivity index (χ4v) is 6.33. The molecule has 0 radical (unpaired) electrons. The van der Waals surface area contributed by atoms with Crippen molar-refractivity contribution in [3.8, 4) is 22.5 Å². The van der Waals surface area contributed by atoms with Crippen LogP contribution in [0, 0.1) is 0 Å². The highest BCUT2D eigenvalue weighted by molar-refractivity contribution is 7.92. The Bertz CT molecular complexity index is 1680. The van der Waals surface area contributed by atoms with Crippen molar-refractivity contribution in [2.45, 2.75) is 25.3 Å². The number of benzene rings is 1. The molecule has 0 atom stereocenters. The third kappa shape index (κ3) is 3.54. The van der Waals surface area contributed by atoms with Crippen LogP contribution in [0.2, 0.25) is 0 Å². The molecule has 4 aromatic rings. The summed E-state index contributed by atoms with van der Waals surface area (Å²) in [6, 6.07) is 10.2. The molecule has 3 aromatic heterocycles. The summed E-state index contributed by atoms with van der Waals surface area (Å²) in [6.45, 7) is 0. The quantitative estimate of drug-likeness (QED) is 0.400. The SMILES string of the molecule is O=S1(=O)CC(n2cc3c(n2)-c2ccc(cc2)C/C2=C/C(=N\C=C/CC2)c2cc4c-3ncnc4o2)C1. The molecule has 0 saturated carbocycles. The Kier molecular flexibility index (Phi) is 4.44. The highest BCUT2D eigenvalue weighted by Crippen LogP contribution is 2.37. The van der Waals surface area contributed by atoms with E-state index in [1.807, 2.05) is 18.5 Å². The molecular formula is C26H21N5O3S. The fraction of sp³-hybridized carbons (Fsp3) is 0.231. The number of hydrogen-bond acceptors (Lipinski definition) is 7. The Labute approximate surface area is 201 Å². The number of furan rings is 1. The van der Waals surface area contributed by atoms with Crippen LogP contribution in [0.1, 0.15) is 30.2 Å². The monoisotopic (exact) mass is 483 g/mol. The number of rotatable bonds is 1. The second kappa shape index (κ2) is 7.58. The first-order chi connectivity index (χ1) is 17.0. The van der Waals surface area contributed by atoms with Crippen LogP contribution in [-0.4, -0.2) is 45.4 Å². The summed E-state index contributed by atoms with van der Waals surface area (Å²) in [6.07, 6.45) is 12.1. The van der Waals surface area contributed by atoms with Gasteiger partial charge in [0, 0.05) is 23.5 Å². The van der Waals surface area contributed by atoms with Crippen molar-refractivity contribution < 1.29 is 12.8 Å². The zero-order valence-electron chi connectivity index (χ0n) is 18.8. The van der Waals surface area contributed by atoms with E-state index in [0.29, 0.717) is 17.2 Å². The number of nitrogens with zero attached hydrogens (tertiary/aromatic N) is 5. The summed E-state index contributed by atoms with van der Waals surface area (Å²) in [4.78, 5) is 13.6. The van der Waals surface area contributed by atoms with Crippen LogP contribution in [0.3, 0.4) is 0 Å². The minimum Gasteiger partial charge on any atom is -0.436 e. The third-order valence-corrected chi connectivity index (χ3v) is 8.57. The van der Waals surface area contributed by atoms with E-state index in [1.165, 1.54) is 17.5 Å². The molecule has 9 heteroatoms. The number of aliphatic imine (C=N–C) groups is 1. The van der Waals surface area contributed by atoms with Gasteiger partial charge in [-0.3, -0.25) is 9.67 Å². The summed E-state index contributed by atoms with van der Waals surface area (Å²) < 4.78 is 31.6. The van der Waals surface area contributed by atoms with Gasteiger partial charge in [0.25, 0.3) is 0 Å². The highest BCUT2D eigenvalue weighted by atomic mass is 32.2. The average Bonchev–Trinajstić information content (AvgIpc) is 3.44. The maximum absolute atomic E-state index is 11.8. The largest absolute Gasteiger partial charge is 0.436 e. The summed E-state index contributed by atoms with van der Waals surface area (Å²) in [5.74, 6) is 0.836. The van der Waals surface area contributed by atoms with Gasteiger partial charge < -0.3 is 4.42 Å². The van der Waals surface area contributed by atoms with E-state index < -0.39 is 9.84 Å². The molecule has 6 bridgehead atoms. The summed E-state index contributed by atoms with van der Waals surface area (Å²) in [7, 11) is -2.99. The van der Waals surface area contributed by atoms with Gasteiger partial charge >= 0.3 is 0 Å². The zero-order chi connectivity index (χ0) is 23.6. The van der Waals surface area contributed by atoms with Crippen LogP contribution in [0.15, 0.2) is 76.2 Å². The average molecular weight is 484 g/mol. The van der Waals surface area contributed by atoms with Gasteiger partial charge in [-0.2, -0.15) is 5.10 Å². The van der Waals surface area contributed by atoms with E-state index in [9.17, 15) is 8.42 Å². The van der Waals surface area contributed by atoms with E-state index in [0.717, 1.165) is 47.2 Å². The molecule has 35 heavy (non-hydrogen) atoms. The van der Waals surface area contributed by atoms with E-state index in [1.54, 1.807) is 4.68 Å². The van der Waals surface area contributed by atoms with Crippen molar-refractivity contribution in [2.24, 2.45) is 4.99 Å². The lowest BCUT2D eigenvalue weighted by Crippen LogP contribution is -2.38. The lowest BCUT2D eigenvalue weighted by atomic mass is 9.96. The Morgan fingerprint density at radius 2 is 1.91 bits per heavy atom. The first kappa shape index (κ1) is 20.5. The molecule has 0 spiro atoms. The highest BCUT2D eigenvalue weighted by Gasteiger charge is 2.36. The van der Waals surface area contributed by atoms with Crippen molar-refractivity contribution in [1.82, 2.24) is 19.7 Å². The smallest absolute Gasteiger partial charge is 0.230 e. The first-order valence-electron chi connectivity index (χ1n) is 11.6. The minimum atomic E-state index is -2.99. The Morgan fingerprint density at radius 1 is 1.06 bits per heavy atom. The zero-order valence-corrected chi connectivity index (χ0v) is 19.6. The Morgan fingerprint density at radius 3 is 2.74 bits per heavy atom. The summed E-state index contributed by atoms with van der Waals surface area (Å²) in [5, 5.41) is 5.61. The van der Waals surface area contributed by atoms with Crippen molar-refractivity contribution in [3.63, 3.8) is 0 Å². The van der Waals surface area contributed by atoms with Crippen LogP contribution in [0.4, 0.5) is 0 Å². The molecule has 0 amide bonds. The first-order valence-corrected chi connectivity index (χ1v) is 13.4. The molecule has 8 nitrogen and oxygen atoms in total. The lowest BCUT2D eigenvalue weighted by Gasteiger charge is -2.25. The molecular weight excluding hydrogens is 462 g/mol. The summed E-state index contributed by atoms with van der Waals surface area (Å²) >= 11 is 0. The van der Waals surface area contributed by atoms with Gasteiger partial charge in [0.1, 0.15) is 17.7 Å². The van der Waals surface area contributed by atoms with Crippen LogP contribution in [0.5, 0.6) is 0 Å². The van der Waals surface area contributed by atoms with Gasteiger partial charge in [0.2, 0.25) is 5.71 Å². The molecule has 1 saturated heterocycles. The number of allylic oxidation sites excluding steroid dienone is 3. The number of sulfone groups is 1. The minimum absolute atomic E-state index is 0.101. The van der Waals surface area contributed by atoms with Crippen LogP contribution in [-0.2, 0) is 16.3 Å². The molecule has 4 aliphatic rings. The molecule has 5 heterocycles. The Balaban J connectivity index is 1.48. The molecule has 1 aromatic carbocycles. The predicted octanol–water partition coefficient (Wildman–Crippen LogP) is 4.30. The number of hydrogen-bond donors (Lipinski definition) is 0. The van der Waals surface area contributed by atoms with Gasteiger partial charge in [0.15, 0.2) is 15.6 Å². The second-order valence-corrected chi connectivity index (χ2v) is 11.4. The maximum atomic E-state index is 11.8. The molecule has 2 aliphatic carbocycles. The molecule has 0 N–H and O–H groups in total. The van der Waals surface area contributed by atoms with Crippen LogP contribution < -0.4 is 0 Å². The van der Waals surface area contributed by atoms with Gasteiger partial charge in [-0.1, -0.05) is 35.9 Å². The van der Waals surface area contributed by atoms with Gasteiger partial charge in [-0.25, -0.2) is 18.4 Å². The van der Waals surface area contributed by atoms with E-state index >= 15 is 0 Å². The normalized spacial score (nSPS) is 22.7. The van der Waals surface area contributed by atoms with Crippen molar-refractivity contribution in [2.75, 3.05) is 11.5 Å². The second-order valence-electron chi connectivity index (χ2n) is 9.27. The van der Waals surface area contributed by atoms with E-state index in [2.05, 4.69) is 51.4 Å². The standard InChI is InChI=1S/C26H21N5O3S/c32-35(33)13-19(14-35)31-12-21-24(30-31)18-6-4-16(5-7-18)9-17-3-1-2-8-27-22(10-17)23-11-20-25(21)28-15-29-26(20)34-23/h2,4-8,10-12,15,19H,1,3,9,13-14H2/b8-2-,17-10+,27-22+. The number of fused-ring (bicyclic) bond motifs is 2. The van der Waals surface area contributed by atoms with Crippen molar-refractivity contribution in [1.29, 1.82) is 0 Å². The van der Waals surface area contributed by atoms with Crippen LogP contribution >= 0.6 is 0 Å². The molecule has 0 unspecified atom stereocenters. The van der Waals surface area contributed by atoms with Gasteiger partial charge in [-0.05, 0) is 37.0 Å². The fourth-order valence-electron chi connectivity index (χ4n) is 4.95. The lowest BCUT2D eigenvalue weighted by molar-refractivity contribution is 0.474. The summed E-state index contributed by atoms with van der Waals surface area (Å²) in [5.41, 5.74) is 6.93. The van der Waals surface area contributed by atoms with Crippen molar-refractivity contribution >= 4 is 26.6 Å².